The minimum atomic E-state index is -0.362. The fraction of sp³-hybridized carbons (Fsp3) is 0. The number of hydrogen-bond donors (Lipinski definition) is 1. The highest BCUT2D eigenvalue weighted by atomic mass is 79.9. The molecule has 1 N–H and O–H groups in total. The number of rotatable bonds is 3. The fourth-order valence-corrected chi connectivity index (χ4v) is 2.27. The second kappa shape index (κ2) is 6.58. The molecule has 0 aliphatic heterocycles. The number of halogens is 1. The monoisotopic (exact) mass is 370 g/mol. The summed E-state index contributed by atoms with van der Waals surface area (Å²) in [7, 11) is 0. The lowest BCUT2D eigenvalue weighted by molar-refractivity contribution is 0.0955. The Bertz CT molecular complexity index is 946. The van der Waals surface area contributed by atoms with Crippen LogP contribution in [0.1, 0.15) is 15.9 Å². The Morgan fingerprint density at radius 2 is 1.87 bits per heavy atom. The molecule has 5 nitrogen and oxygen atoms in total. The lowest BCUT2D eigenvalue weighted by Crippen LogP contribution is -2.18. The Balaban J connectivity index is 1.78. The van der Waals surface area contributed by atoms with Gasteiger partial charge in [-0.1, -0.05) is 28.1 Å². The van der Waals surface area contributed by atoms with Crippen molar-refractivity contribution in [1.82, 2.24) is 5.43 Å². The lowest BCUT2D eigenvalue weighted by Gasteiger charge is -2.00. The largest absolute Gasteiger partial charge is 0.463 e. The van der Waals surface area contributed by atoms with Crippen molar-refractivity contribution in [1.29, 1.82) is 0 Å². The van der Waals surface area contributed by atoms with Crippen LogP contribution in [0.4, 0.5) is 0 Å². The summed E-state index contributed by atoms with van der Waals surface area (Å²) >= 11 is 3.30. The number of nitrogens with zero attached hydrogens (tertiary/aromatic N) is 1. The molecule has 6 heteroatoms. The molecule has 114 valence electrons. The van der Waals surface area contributed by atoms with Gasteiger partial charge in [0.25, 0.3) is 5.91 Å². The zero-order chi connectivity index (χ0) is 16.2. The van der Waals surface area contributed by atoms with Crippen molar-refractivity contribution < 1.29 is 9.21 Å². The molecule has 0 atom stereocenters. The van der Waals surface area contributed by atoms with Crippen LogP contribution in [-0.2, 0) is 0 Å². The van der Waals surface area contributed by atoms with Crippen LogP contribution in [-0.4, -0.2) is 12.1 Å². The van der Waals surface area contributed by atoms with E-state index in [1.165, 1.54) is 12.5 Å². The van der Waals surface area contributed by atoms with Crippen molar-refractivity contribution in [2.45, 2.75) is 0 Å². The van der Waals surface area contributed by atoms with Crippen LogP contribution in [0.2, 0.25) is 0 Å². The van der Waals surface area contributed by atoms with E-state index in [4.69, 9.17) is 4.42 Å². The standard InChI is InChI=1S/C17H11BrN2O3/c18-13-7-5-11(6-8-13)17(22)20-19-9-12-10-23-15-4-2-1-3-14(15)16(12)21/h1-10H,(H,20,22)/b19-9+. The van der Waals surface area contributed by atoms with Gasteiger partial charge in [-0.25, -0.2) is 5.43 Å². The van der Waals surface area contributed by atoms with E-state index >= 15 is 0 Å². The van der Waals surface area contributed by atoms with Crippen LogP contribution in [0.15, 0.2) is 73.6 Å². The number of hydrazone groups is 1. The zero-order valence-electron chi connectivity index (χ0n) is 11.8. The number of carbonyl (C=O) groups is 1. The number of hydrogen-bond acceptors (Lipinski definition) is 4. The molecule has 0 saturated carbocycles. The number of carbonyl (C=O) groups excluding carboxylic acids is 1. The van der Waals surface area contributed by atoms with E-state index in [0.717, 1.165) is 4.47 Å². The van der Waals surface area contributed by atoms with Gasteiger partial charge >= 0.3 is 0 Å². The summed E-state index contributed by atoms with van der Waals surface area (Å²) in [6.07, 6.45) is 2.59. The first-order valence-electron chi connectivity index (χ1n) is 6.74. The Morgan fingerprint density at radius 3 is 2.65 bits per heavy atom. The molecule has 3 aromatic rings. The van der Waals surface area contributed by atoms with Gasteiger partial charge in [0, 0.05) is 10.0 Å². The number of fused-ring (bicyclic) bond motifs is 1. The normalized spacial score (nSPS) is 11.0. The molecule has 2 aromatic carbocycles. The van der Waals surface area contributed by atoms with Crippen molar-refractivity contribution >= 4 is 39.0 Å². The third-order valence-corrected chi connectivity index (χ3v) is 3.71. The Kier molecular flexibility index (Phi) is 4.34. The number of nitrogens with one attached hydrogen (secondary N) is 1. The van der Waals surface area contributed by atoms with E-state index in [-0.39, 0.29) is 16.9 Å². The summed E-state index contributed by atoms with van der Waals surface area (Å²) in [6, 6.07) is 13.8. The van der Waals surface area contributed by atoms with Gasteiger partial charge in [-0.3, -0.25) is 9.59 Å². The summed E-state index contributed by atoms with van der Waals surface area (Å²) in [4.78, 5) is 24.1. The van der Waals surface area contributed by atoms with Gasteiger partial charge in [0.15, 0.2) is 0 Å². The van der Waals surface area contributed by atoms with Crippen molar-refractivity contribution in [2.75, 3.05) is 0 Å². The second-order valence-electron chi connectivity index (χ2n) is 4.72. The highest BCUT2D eigenvalue weighted by Gasteiger charge is 2.05. The smallest absolute Gasteiger partial charge is 0.271 e. The van der Waals surface area contributed by atoms with E-state index in [9.17, 15) is 9.59 Å². The topological polar surface area (TPSA) is 71.7 Å². The van der Waals surface area contributed by atoms with Gasteiger partial charge in [-0.15, -0.1) is 0 Å². The first-order chi connectivity index (χ1) is 11.1. The fourth-order valence-electron chi connectivity index (χ4n) is 2.01. The van der Waals surface area contributed by atoms with Crippen LogP contribution in [0, 0.1) is 0 Å². The number of para-hydroxylation sites is 1. The summed E-state index contributed by atoms with van der Waals surface area (Å²) in [5, 5.41) is 4.28. The predicted octanol–water partition coefficient (Wildman–Crippen LogP) is 3.32. The van der Waals surface area contributed by atoms with E-state index in [0.29, 0.717) is 16.5 Å². The molecule has 1 aromatic heterocycles. The summed E-state index contributed by atoms with van der Waals surface area (Å²) in [5.41, 5.74) is 3.42. The van der Waals surface area contributed by atoms with E-state index in [1.807, 2.05) is 0 Å². The third kappa shape index (κ3) is 3.37. The highest BCUT2D eigenvalue weighted by molar-refractivity contribution is 9.10. The van der Waals surface area contributed by atoms with Gasteiger partial charge in [-0.2, -0.15) is 5.10 Å². The molecule has 0 aliphatic carbocycles. The molecule has 1 amide bonds. The molecule has 0 fully saturated rings. The molecular formula is C17H11BrN2O3. The molecule has 0 saturated heterocycles. The quantitative estimate of drug-likeness (QED) is 0.567. The third-order valence-electron chi connectivity index (χ3n) is 3.18. The molecule has 0 radical (unpaired) electrons. The zero-order valence-corrected chi connectivity index (χ0v) is 13.4. The molecule has 3 rings (SSSR count). The second-order valence-corrected chi connectivity index (χ2v) is 5.64. The van der Waals surface area contributed by atoms with Crippen molar-refractivity contribution in [2.24, 2.45) is 5.10 Å². The van der Waals surface area contributed by atoms with Gasteiger partial charge in [-0.05, 0) is 36.4 Å². The first-order valence-corrected chi connectivity index (χ1v) is 7.54. The SMILES string of the molecule is O=C(N/N=C/c1coc2ccccc2c1=O)c1ccc(Br)cc1. The first kappa shape index (κ1) is 15.2. The number of amides is 1. The van der Waals surface area contributed by atoms with Crippen LogP contribution in [0.3, 0.4) is 0 Å². The molecule has 1 heterocycles. The minimum Gasteiger partial charge on any atom is -0.463 e. The average Bonchev–Trinajstić information content (AvgIpc) is 2.57. The molecule has 23 heavy (non-hydrogen) atoms. The molecule has 0 bridgehead atoms. The average molecular weight is 371 g/mol. The maximum absolute atomic E-state index is 12.2. The molecule has 0 aliphatic rings. The Morgan fingerprint density at radius 1 is 1.13 bits per heavy atom. The lowest BCUT2D eigenvalue weighted by atomic mass is 10.2. The number of benzene rings is 2. The summed E-state index contributed by atoms with van der Waals surface area (Å²) in [5.74, 6) is -0.362. The van der Waals surface area contributed by atoms with Crippen LogP contribution in [0.25, 0.3) is 11.0 Å². The van der Waals surface area contributed by atoms with Crippen molar-refractivity contribution in [3.8, 4) is 0 Å². The van der Waals surface area contributed by atoms with E-state index in [2.05, 4.69) is 26.5 Å². The molecule has 0 unspecified atom stereocenters. The maximum atomic E-state index is 12.2. The minimum absolute atomic E-state index is 0.200. The van der Waals surface area contributed by atoms with E-state index < -0.39 is 0 Å². The van der Waals surface area contributed by atoms with Gasteiger partial charge in [0.1, 0.15) is 11.8 Å². The Labute approximate surface area is 139 Å². The van der Waals surface area contributed by atoms with Crippen molar-refractivity contribution in [3.63, 3.8) is 0 Å². The van der Waals surface area contributed by atoms with Crippen LogP contribution in [0.5, 0.6) is 0 Å². The van der Waals surface area contributed by atoms with Crippen molar-refractivity contribution in [3.05, 3.63) is 80.6 Å². The summed E-state index contributed by atoms with van der Waals surface area (Å²) < 4.78 is 6.25. The highest BCUT2D eigenvalue weighted by Crippen LogP contribution is 2.11. The van der Waals surface area contributed by atoms with Crippen LogP contribution >= 0.6 is 15.9 Å². The van der Waals surface area contributed by atoms with Crippen LogP contribution < -0.4 is 10.9 Å². The summed E-state index contributed by atoms with van der Waals surface area (Å²) in [6.45, 7) is 0. The molecule has 0 spiro atoms. The Hall–Kier alpha value is -2.73. The van der Waals surface area contributed by atoms with Gasteiger partial charge < -0.3 is 4.42 Å². The van der Waals surface area contributed by atoms with E-state index in [1.54, 1.807) is 48.5 Å². The predicted molar refractivity (Wildman–Crippen MR) is 91.7 cm³/mol. The van der Waals surface area contributed by atoms with Gasteiger partial charge in [0.05, 0.1) is 17.2 Å². The molecular weight excluding hydrogens is 360 g/mol. The maximum Gasteiger partial charge on any atom is 0.271 e. The van der Waals surface area contributed by atoms with Gasteiger partial charge in [0.2, 0.25) is 5.43 Å².